The standard InChI is InChI=1S/C32H36N2O3/c1-35-32-12-11-30(16-25(32)20-36-19-22-5-3-2-4-6-22)26-15-23-9-10-24(17-33)28-27(23)31(30,29(32)37-28)13-14-34(26)18-21-7-8-21/h2-6,9-10,21,25-26,29H,7-8,11-16,18-20H2,1H3/t25-,26-,29-,30-,31+,32-/m1/s1. The molecule has 37 heavy (non-hydrogen) atoms. The second-order valence-electron chi connectivity index (χ2n) is 12.7. The number of methoxy groups -OCH3 is 1. The number of fused-ring (bicyclic) bond motifs is 2. The SMILES string of the molecule is CO[C@]12CC[C@@]3(C[C@@H]1COCc1ccccc1)[C@H]1Cc4ccc(C#N)c5c4[C@@]3(CCN1CC1CC1)[C@H]2O5. The Morgan fingerprint density at radius 2 is 1.97 bits per heavy atom. The first-order chi connectivity index (χ1) is 18.1. The van der Waals surface area contributed by atoms with Crippen LogP contribution in [-0.4, -0.2) is 49.5 Å². The molecule has 2 aromatic carbocycles. The van der Waals surface area contributed by atoms with Crippen molar-refractivity contribution in [3.8, 4) is 11.8 Å². The van der Waals surface area contributed by atoms with Crippen LogP contribution in [0.3, 0.4) is 0 Å². The second-order valence-corrected chi connectivity index (χ2v) is 12.7. The molecule has 0 unspecified atom stereocenters. The molecule has 0 radical (unpaired) electrons. The Bertz CT molecular complexity index is 1280. The number of benzene rings is 2. The molecule has 2 aliphatic heterocycles. The molecule has 1 saturated heterocycles. The van der Waals surface area contributed by atoms with Crippen LogP contribution in [-0.2, 0) is 27.9 Å². The average Bonchev–Trinajstić information content (AvgIpc) is 3.68. The molecular weight excluding hydrogens is 460 g/mol. The minimum atomic E-state index is -0.387. The topological polar surface area (TPSA) is 54.7 Å². The molecule has 6 atom stereocenters. The van der Waals surface area contributed by atoms with E-state index in [1.54, 1.807) is 0 Å². The fraction of sp³-hybridized carbons (Fsp3) is 0.594. The molecule has 5 heteroatoms. The Kier molecular flexibility index (Phi) is 4.77. The average molecular weight is 497 g/mol. The molecule has 2 aromatic rings. The summed E-state index contributed by atoms with van der Waals surface area (Å²) in [7, 11) is 1.89. The predicted molar refractivity (Wildman–Crippen MR) is 139 cm³/mol. The van der Waals surface area contributed by atoms with Crippen LogP contribution in [0.2, 0.25) is 0 Å². The predicted octanol–water partition coefficient (Wildman–Crippen LogP) is 5.00. The van der Waals surface area contributed by atoms with Crippen molar-refractivity contribution in [1.29, 1.82) is 5.26 Å². The van der Waals surface area contributed by atoms with Gasteiger partial charge in [0.2, 0.25) is 0 Å². The smallest absolute Gasteiger partial charge is 0.141 e. The number of hydrogen-bond acceptors (Lipinski definition) is 5. The highest BCUT2D eigenvalue weighted by molar-refractivity contribution is 5.63. The maximum atomic E-state index is 10.0. The summed E-state index contributed by atoms with van der Waals surface area (Å²) in [5.41, 5.74) is 4.41. The monoisotopic (exact) mass is 496 g/mol. The molecule has 7 aliphatic rings. The van der Waals surface area contributed by atoms with Gasteiger partial charge in [-0.05, 0) is 74.6 Å². The minimum absolute atomic E-state index is 0.0491. The van der Waals surface area contributed by atoms with E-state index in [9.17, 15) is 5.26 Å². The van der Waals surface area contributed by atoms with Crippen molar-refractivity contribution in [1.82, 2.24) is 4.90 Å². The van der Waals surface area contributed by atoms with Gasteiger partial charge in [0.25, 0.3) is 0 Å². The third-order valence-corrected chi connectivity index (χ3v) is 11.4. The summed E-state index contributed by atoms with van der Waals surface area (Å²) < 4.78 is 20.1. The van der Waals surface area contributed by atoms with E-state index in [-0.39, 0.29) is 28.5 Å². The lowest BCUT2D eigenvalue weighted by atomic mass is 9.35. The summed E-state index contributed by atoms with van der Waals surface area (Å²) in [5.74, 6) is 2.03. The first-order valence-corrected chi connectivity index (χ1v) is 14.3. The van der Waals surface area contributed by atoms with Crippen LogP contribution in [0.5, 0.6) is 5.75 Å². The van der Waals surface area contributed by atoms with Gasteiger partial charge in [0.1, 0.15) is 23.5 Å². The largest absolute Gasteiger partial charge is 0.485 e. The van der Waals surface area contributed by atoms with E-state index >= 15 is 0 Å². The third kappa shape index (κ3) is 2.80. The number of hydrogen-bond donors (Lipinski definition) is 0. The molecule has 5 aliphatic carbocycles. The van der Waals surface area contributed by atoms with E-state index < -0.39 is 0 Å². The van der Waals surface area contributed by atoms with E-state index in [2.05, 4.69) is 47.4 Å². The zero-order valence-corrected chi connectivity index (χ0v) is 21.7. The number of ether oxygens (including phenoxy) is 3. The van der Waals surface area contributed by atoms with E-state index in [1.165, 1.54) is 42.5 Å². The summed E-state index contributed by atoms with van der Waals surface area (Å²) in [6, 6.07) is 17.7. The maximum Gasteiger partial charge on any atom is 0.141 e. The zero-order chi connectivity index (χ0) is 24.8. The molecule has 4 bridgehead atoms. The van der Waals surface area contributed by atoms with Gasteiger partial charge in [-0.3, -0.25) is 4.90 Å². The number of likely N-dealkylation sites (tertiary alicyclic amines) is 1. The van der Waals surface area contributed by atoms with Gasteiger partial charge in [-0.2, -0.15) is 5.26 Å². The van der Waals surface area contributed by atoms with Gasteiger partial charge >= 0.3 is 0 Å². The molecular formula is C32H36N2O3. The lowest BCUT2D eigenvalue weighted by Crippen LogP contribution is -2.81. The van der Waals surface area contributed by atoms with E-state index in [1.807, 2.05) is 13.2 Å². The van der Waals surface area contributed by atoms with Crippen LogP contribution in [0.1, 0.15) is 60.8 Å². The van der Waals surface area contributed by atoms with Crippen LogP contribution in [0.15, 0.2) is 42.5 Å². The van der Waals surface area contributed by atoms with Gasteiger partial charge in [-0.25, -0.2) is 0 Å². The molecule has 0 aromatic heterocycles. The number of piperidine rings is 1. The normalized spacial score (nSPS) is 38.6. The zero-order valence-electron chi connectivity index (χ0n) is 21.7. The summed E-state index contributed by atoms with van der Waals surface area (Å²) in [6.07, 6.45) is 8.23. The molecule has 9 rings (SSSR count). The van der Waals surface area contributed by atoms with Crippen LogP contribution in [0.25, 0.3) is 0 Å². The molecule has 0 N–H and O–H groups in total. The fourth-order valence-corrected chi connectivity index (χ4v) is 9.74. The fourth-order valence-electron chi connectivity index (χ4n) is 9.74. The summed E-state index contributed by atoms with van der Waals surface area (Å²) in [4.78, 5) is 2.87. The van der Waals surface area contributed by atoms with Crippen LogP contribution >= 0.6 is 0 Å². The lowest BCUT2D eigenvalue weighted by molar-refractivity contribution is -0.283. The van der Waals surface area contributed by atoms with Crippen molar-refractivity contribution in [3.05, 3.63) is 64.7 Å². The Labute approximate surface area is 219 Å². The number of rotatable bonds is 7. The molecule has 5 fully saturated rings. The Morgan fingerprint density at radius 1 is 1.11 bits per heavy atom. The van der Waals surface area contributed by atoms with Gasteiger partial charge < -0.3 is 14.2 Å². The van der Waals surface area contributed by atoms with Crippen LogP contribution in [0.4, 0.5) is 0 Å². The Hall–Kier alpha value is -2.39. The van der Waals surface area contributed by atoms with Crippen molar-refractivity contribution in [2.24, 2.45) is 17.3 Å². The molecule has 5 nitrogen and oxygen atoms in total. The highest BCUT2D eigenvalue weighted by Gasteiger charge is 2.80. The molecule has 4 saturated carbocycles. The van der Waals surface area contributed by atoms with Crippen molar-refractivity contribution in [2.45, 2.75) is 74.7 Å². The van der Waals surface area contributed by atoms with Gasteiger partial charge in [-0.1, -0.05) is 36.4 Å². The Balaban J connectivity index is 1.23. The van der Waals surface area contributed by atoms with E-state index in [4.69, 9.17) is 14.2 Å². The highest BCUT2D eigenvalue weighted by atomic mass is 16.6. The summed E-state index contributed by atoms with van der Waals surface area (Å²) >= 11 is 0. The first-order valence-electron chi connectivity index (χ1n) is 14.3. The second kappa shape index (κ2) is 7.82. The van der Waals surface area contributed by atoms with Gasteiger partial charge in [0.05, 0.1) is 18.8 Å². The van der Waals surface area contributed by atoms with Gasteiger partial charge in [0.15, 0.2) is 0 Å². The van der Waals surface area contributed by atoms with Crippen molar-refractivity contribution < 1.29 is 14.2 Å². The van der Waals surface area contributed by atoms with E-state index in [0.717, 1.165) is 43.9 Å². The summed E-state index contributed by atoms with van der Waals surface area (Å²) in [5, 5.41) is 10.0. The highest BCUT2D eigenvalue weighted by Crippen LogP contribution is 2.76. The van der Waals surface area contributed by atoms with Crippen molar-refractivity contribution in [2.75, 3.05) is 26.8 Å². The van der Waals surface area contributed by atoms with Gasteiger partial charge in [0, 0.05) is 42.0 Å². The van der Waals surface area contributed by atoms with Crippen molar-refractivity contribution >= 4 is 0 Å². The van der Waals surface area contributed by atoms with Crippen LogP contribution < -0.4 is 4.74 Å². The van der Waals surface area contributed by atoms with E-state index in [0.29, 0.717) is 24.8 Å². The minimum Gasteiger partial charge on any atom is -0.485 e. The number of nitrogens with zero attached hydrogens (tertiary/aromatic N) is 2. The molecule has 192 valence electrons. The third-order valence-electron chi connectivity index (χ3n) is 11.4. The molecule has 0 amide bonds. The lowest BCUT2D eigenvalue weighted by Gasteiger charge is -2.74. The first kappa shape index (κ1) is 22.6. The quantitative estimate of drug-likeness (QED) is 0.540. The molecule has 2 heterocycles. The number of nitriles is 1. The maximum absolute atomic E-state index is 10.0. The Morgan fingerprint density at radius 3 is 2.76 bits per heavy atom. The van der Waals surface area contributed by atoms with Crippen molar-refractivity contribution in [3.63, 3.8) is 0 Å². The molecule has 2 spiro atoms. The summed E-state index contributed by atoms with van der Waals surface area (Å²) in [6.45, 7) is 3.69. The van der Waals surface area contributed by atoms with Crippen LogP contribution in [0, 0.1) is 28.6 Å². The van der Waals surface area contributed by atoms with Gasteiger partial charge in [-0.15, -0.1) is 0 Å².